The van der Waals surface area contributed by atoms with Crippen LogP contribution in [0.2, 0.25) is 5.02 Å². The van der Waals surface area contributed by atoms with E-state index in [1.54, 1.807) is 18.2 Å². The first-order valence-corrected chi connectivity index (χ1v) is 5.76. The summed E-state index contributed by atoms with van der Waals surface area (Å²) >= 11 is 6.08. The third-order valence-electron chi connectivity index (χ3n) is 2.85. The summed E-state index contributed by atoms with van der Waals surface area (Å²) in [6.07, 6.45) is 0. The summed E-state index contributed by atoms with van der Waals surface area (Å²) in [4.78, 5) is 15.5. The average Bonchev–Trinajstić information content (AvgIpc) is 2.36. The highest BCUT2D eigenvalue weighted by molar-refractivity contribution is 6.35. The average molecular weight is 258 g/mol. The van der Waals surface area contributed by atoms with Crippen molar-refractivity contribution < 1.29 is 9.90 Å². The zero-order valence-corrected chi connectivity index (χ0v) is 9.98. The van der Waals surface area contributed by atoms with Crippen molar-refractivity contribution in [2.24, 2.45) is 0 Å². The molecular formula is C14H8ClNO2. The summed E-state index contributed by atoms with van der Waals surface area (Å²) < 4.78 is 0. The fraction of sp³-hybridized carbons (Fsp3) is 0. The molecule has 0 bridgehead atoms. The van der Waals surface area contributed by atoms with Crippen LogP contribution < -0.4 is 0 Å². The van der Waals surface area contributed by atoms with Crippen molar-refractivity contribution in [3.63, 3.8) is 0 Å². The molecule has 0 aliphatic heterocycles. The Morgan fingerprint density at radius 3 is 2.44 bits per heavy atom. The van der Waals surface area contributed by atoms with E-state index in [-0.39, 0.29) is 5.56 Å². The first kappa shape index (κ1) is 11.0. The maximum Gasteiger partial charge on any atom is 0.337 e. The van der Waals surface area contributed by atoms with Crippen LogP contribution in [0.4, 0.5) is 0 Å². The normalized spacial score (nSPS) is 10.9. The minimum absolute atomic E-state index is 0.189. The number of pyridine rings is 1. The molecule has 1 heterocycles. The zero-order valence-electron chi connectivity index (χ0n) is 9.22. The number of aromatic carboxylic acids is 1. The van der Waals surface area contributed by atoms with Gasteiger partial charge in [-0.3, -0.25) is 0 Å². The molecule has 88 valence electrons. The molecule has 3 aromatic rings. The number of carboxylic acids is 1. The summed E-state index contributed by atoms with van der Waals surface area (Å²) in [7, 11) is 0. The Balaban J connectivity index is 2.50. The second-order valence-corrected chi connectivity index (χ2v) is 4.39. The van der Waals surface area contributed by atoms with Crippen molar-refractivity contribution in [3.05, 3.63) is 53.1 Å². The molecule has 0 atom stereocenters. The Morgan fingerprint density at radius 2 is 1.72 bits per heavy atom. The number of halogens is 1. The molecule has 3 rings (SSSR count). The maximum atomic E-state index is 11.2. The number of hydrogen-bond donors (Lipinski definition) is 1. The number of aromatic nitrogens is 1. The molecule has 4 heteroatoms. The van der Waals surface area contributed by atoms with Gasteiger partial charge in [0.2, 0.25) is 0 Å². The second kappa shape index (κ2) is 3.96. The van der Waals surface area contributed by atoms with Crippen molar-refractivity contribution in [2.75, 3.05) is 0 Å². The number of nitrogens with zero attached hydrogens (tertiary/aromatic N) is 1. The topological polar surface area (TPSA) is 50.2 Å². The number of benzene rings is 2. The second-order valence-electron chi connectivity index (χ2n) is 3.98. The SMILES string of the molecule is O=C(O)c1cccc2cc3cccc(Cl)c3nc12. The van der Waals surface area contributed by atoms with Gasteiger partial charge in [-0.05, 0) is 18.2 Å². The van der Waals surface area contributed by atoms with Crippen molar-refractivity contribution >= 4 is 39.4 Å². The van der Waals surface area contributed by atoms with Gasteiger partial charge in [0, 0.05) is 10.8 Å². The van der Waals surface area contributed by atoms with Gasteiger partial charge >= 0.3 is 5.97 Å². The van der Waals surface area contributed by atoms with Crippen LogP contribution in [-0.2, 0) is 0 Å². The minimum atomic E-state index is -0.987. The highest BCUT2D eigenvalue weighted by atomic mass is 35.5. The fourth-order valence-corrected chi connectivity index (χ4v) is 2.25. The van der Waals surface area contributed by atoms with Crippen LogP contribution in [0.15, 0.2) is 42.5 Å². The van der Waals surface area contributed by atoms with E-state index in [4.69, 9.17) is 16.7 Å². The smallest absolute Gasteiger partial charge is 0.337 e. The van der Waals surface area contributed by atoms with E-state index in [1.165, 1.54) is 0 Å². The fourth-order valence-electron chi connectivity index (χ4n) is 2.02. The number of fused-ring (bicyclic) bond motifs is 2. The molecule has 0 spiro atoms. The van der Waals surface area contributed by atoms with Crippen molar-refractivity contribution in [1.29, 1.82) is 0 Å². The molecule has 0 amide bonds. The van der Waals surface area contributed by atoms with E-state index in [2.05, 4.69) is 4.98 Å². The standard InChI is InChI=1S/C14H8ClNO2/c15-11-6-2-4-9-7-8-3-1-5-10(14(17)18)12(8)16-13(9)11/h1-7H,(H,17,18). The summed E-state index contributed by atoms with van der Waals surface area (Å²) in [5.74, 6) is -0.987. The zero-order chi connectivity index (χ0) is 12.7. The highest BCUT2D eigenvalue weighted by Crippen LogP contribution is 2.26. The van der Waals surface area contributed by atoms with Crippen LogP contribution in [0.5, 0.6) is 0 Å². The molecule has 3 nitrogen and oxygen atoms in total. The molecule has 0 aliphatic carbocycles. The Hall–Kier alpha value is -2.13. The van der Waals surface area contributed by atoms with Gasteiger partial charge in [0.25, 0.3) is 0 Å². The van der Waals surface area contributed by atoms with E-state index in [9.17, 15) is 4.79 Å². The lowest BCUT2D eigenvalue weighted by Crippen LogP contribution is -1.98. The number of rotatable bonds is 1. The minimum Gasteiger partial charge on any atom is -0.478 e. The van der Waals surface area contributed by atoms with Crippen molar-refractivity contribution in [2.45, 2.75) is 0 Å². The Kier molecular flexibility index (Phi) is 2.42. The quantitative estimate of drug-likeness (QED) is 0.676. The van der Waals surface area contributed by atoms with Crippen LogP contribution in [0.1, 0.15) is 10.4 Å². The monoisotopic (exact) mass is 257 g/mol. The van der Waals surface area contributed by atoms with Gasteiger partial charge < -0.3 is 5.11 Å². The summed E-state index contributed by atoms with van der Waals surface area (Å²) in [5.41, 5.74) is 1.28. The van der Waals surface area contributed by atoms with Crippen LogP contribution >= 0.6 is 11.6 Å². The molecular weight excluding hydrogens is 250 g/mol. The van der Waals surface area contributed by atoms with Gasteiger partial charge in [-0.15, -0.1) is 0 Å². The van der Waals surface area contributed by atoms with Crippen LogP contribution in [0.25, 0.3) is 21.8 Å². The van der Waals surface area contributed by atoms with Gasteiger partial charge in [-0.2, -0.15) is 0 Å². The van der Waals surface area contributed by atoms with E-state index in [1.807, 2.05) is 24.3 Å². The lowest BCUT2D eigenvalue weighted by molar-refractivity contribution is 0.0699. The third kappa shape index (κ3) is 1.60. The molecule has 1 N–H and O–H groups in total. The molecule has 0 saturated heterocycles. The van der Waals surface area contributed by atoms with Crippen LogP contribution in [0, 0.1) is 0 Å². The molecule has 2 aromatic carbocycles. The third-order valence-corrected chi connectivity index (χ3v) is 3.16. The molecule has 0 unspecified atom stereocenters. The first-order chi connectivity index (χ1) is 8.66. The van der Waals surface area contributed by atoms with E-state index in [0.29, 0.717) is 16.1 Å². The molecule has 0 fully saturated rings. The molecule has 18 heavy (non-hydrogen) atoms. The van der Waals surface area contributed by atoms with Crippen molar-refractivity contribution in [3.8, 4) is 0 Å². The largest absolute Gasteiger partial charge is 0.478 e. The molecule has 0 saturated carbocycles. The number of carbonyl (C=O) groups is 1. The predicted molar refractivity (Wildman–Crippen MR) is 71.2 cm³/mol. The van der Waals surface area contributed by atoms with Gasteiger partial charge in [-0.25, -0.2) is 9.78 Å². The molecule has 0 aliphatic rings. The van der Waals surface area contributed by atoms with E-state index in [0.717, 1.165) is 10.8 Å². The molecule has 1 aromatic heterocycles. The van der Waals surface area contributed by atoms with E-state index >= 15 is 0 Å². The Bertz CT molecular complexity index is 783. The van der Waals surface area contributed by atoms with E-state index < -0.39 is 5.97 Å². The summed E-state index contributed by atoms with van der Waals surface area (Å²) in [5, 5.41) is 11.4. The lowest BCUT2D eigenvalue weighted by atomic mass is 10.1. The Labute approximate surface area is 108 Å². The van der Waals surface area contributed by atoms with Gasteiger partial charge in [0.05, 0.1) is 21.6 Å². The maximum absolute atomic E-state index is 11.2. The Morgan fingerprint density at radius 1 is 1.06 bits per heavy atom. The highest BCUT2D eigenvalue weighted by Gasteiger charge is 2.11. The van der Waals surface area contributed by atoms with Crippen LogP contribution in [-0.4, -0.2) is 16.1 Å². The van der Waals surface area contributed by atoms with Gasteiger partial charge in [0.1, 0.15) is 0 Å². The summed E-state index contributed by atoms with van der Waals surface area (Å²) in [6.45, 7) is 0. The first-order valence-electron chi connectivity index (χ1n) is 5.38. The number of hydrogen-bond acceptors (Lipinski definition) is 2. The molecule has 0 radical (unpaired) electrons. The predicted octanol–water partition coefficient (Wildman–Crippen LogP) is 3.74. The summed E-state index contributed by atoms with van der Waals surface area (Å²) in [6, 6.07) is 12.5. The number of para-hydroxylation sites is 2. The van der Waals surface area contributed by atoms with Gasteiger partial charge in [-0.1, -0.05) is 35.9 Å². The van der Waals surface area contributed by atoms with Crippen LogP contribution in [0.3, 0.4) is 0 Å². The number of carboxylic acid groups (broad SMARTS) is 1. The van der Waals surface area contributed by atoms with Crippen molar-refractivity contribution in [1.82, 2.24) is 4.98 Å². The lowest BCUT2D eigenvalue weighted by Gasteiger charge is -2.05. The van der Waals surface area contributed by atoms with Gasteiger partial charge in [0.15, 0.2) is 0 Å².